The van der Waals surface area contributed by atoms with Crippen molar-refractivity contribution in [3.05, 3.63) is 52.4 Å². The van der Waals surface area contributed by atoms with E-state index in [0.29, 0.717) is 0 Å². The van der Waals surface area contributed by atoms with E-state index < -0.39 is 0 Å². The summed E-state index contributed by atoms with van der Waals surface area (Å²) in [6.45, 7) is 2.08. The molecule has 0 atom stereocenters. The summed E-state index contributed by atoms with van der Waals surface area (Å²) in [6, 6.07) is 9.71. The molecule has 0 N–H and O–H groups in total. The number of hydrogen-bond donors (Lipinski definition) is 0. The fraction of sp³-hybridized carbons (Fsp3) is 0.308. The van der Waals surface area contributed by atoms with Gasteiger partial charge in [0.2, 0.25) is 0 Å². The molecule has 0 saturated carbocycles. The minimum absolute atomic E-state index is 0.0931. The van der Waals surface area contributed by atoms with Gasteiger partial charge in [-0.3, -0.25) is 9.48 Å². The van der Waals surface area contributed by atoms with E-state index in [0.717, 1.165) is 24.1 Å². The van der Waals surface area contributed by atoms with E-state index in [9.17, 15) is 4.79 Å². The van der Waals surface area contributed by atoms with Gasteiger partial charge < -0.3 is 0 Å². The van der Waals surface area contributed by atoms with Gasteiger partial charge in [-0.2, -0.15) is 0 Å². The number of para-hydroxylation sites is 1. The summed E-state index contributed by atoms with van der Waals surface area (Å²) in [5.74, 6) is 0. The van der Waals surface area contributed by atoms with Gasteiger partial charge in [-0.15, -0.1) is 0 Å². The van der Waals surface area contributed by atoms with Crippen LogP contribution in [0.4, 0.5) is 0 Å². The van der Waals surface area contributed by atoms with E-state index in [1.54, 1.807) is 4.68 Å². The van der Waals surface area contributed by atoms with Crippen molar-refractivity contribution >= 4 is 0 Å². The average molecular weight is 216 g/mol. The van der Waals surface area contributed by atoms with Gasteiger partial charge >= 0.3 is 0 Å². The van der Waals surface area contributed by atoms with Gasteiger partial charge in [-0.1, -0.05) is 31.5 Å². The second-order valence-corrected chi connectivity index (χ2v) is 3.93. The smallest absolute Gasteiger partial charge is 0.274 e. The predicted molar refractivity (Wildman–Crippen MR) is 65.0 cm³/mol. The molecule has 3 heteroatoms. The Hall–Kier alpha value is -1.77. The number of aryl methyl sites for hydroxylation is 2. The highest BCUT2D eigenvalue weighted by Crippen LogP contribution is 2.06. The van der Waals surface area contributed by atoms with Crippen LogP contribution in [0.2, 0.25) is 0 Å². The highest BCUT2D eigenvalue weighted by atomic mass is 16.1. The van der Waals surface area contributed by atoms with Crippen LogP contribution >= 0.6 is 0 Å². The van der Waals surface area contributed by atoms with Crippen molar-refractivity contribution in [3.8, 4) is 5.69 Å². The minimum atomic E-state index is 0.0931. The molecule has 0 saturated heterocycles. The molecule has 0 aliphatic heterocycles. The van der Waals surface area contributed by atoms with Crippen LogP contribution in [-0.2, 0) is 13.5 Å². The third-order valence-corrected chi connectivity index (χ3v) is 2.65. The Morgan fingerprint density at radius 3 is 2.50 bits per heavy atom. The van der Waals surface area contributed by atoms with Crippen molar-refractivity contribution in [2.24, 2.45) is 7.05 Å². The van der Waals surface area contributed by atoms with Crippen LogP contribution in [0.3, 0.4) is 0 Å². The standard InChI is InChI=1S/C13H16N2O/c1-3-7-11-10-14(2)15(13(11)16)12-8-5-4-6-9-12/h4-6,8-10H,3,7H2,1-2H3. The Balaban J connectivity index is 2.54. The maximum atomic E-state index is 12.1. The van der Waals surface area contributed by atoms with E-state index in [1.807, 2.05) is 48.3 Å². The Labute approximate surface area is 94.9 Å². The van der Waals surface area contributed by atoms with Crippen molar-refractivity contribution in [3.63, 3.8) is 0 Å². The first-order chi connectivity index (χ1) is 7.74. The molecule has 2 aromatic rings. The summed E-state index contributed by atoms with van der Waals surface area (Å²) in [6.07, 6.45) is 3.75. The molecule has 0 bridgehead atoms. The maximum absolute atomic E-state index is 12.1. The molecule has 2 rings (SSSR count). The van der Waals surface area contributed by atoms with E-state index in [1.165, 1.54) is 0 Å². The lowest BCUT2D eigenvalue weighted by Gasteiger charge is -2.05. The third kappa shape index (κ3) is 1.81. The van der Waals surface area contributed by atoms with Crippen LogP contribution in [0.15, 0.2) is 41.3 Å². The molecule has 84 valence electrons. The summed E-state index contributed by atoms with van der Waals surface area (Å²) in [5, 5.41) is 0. The second kappa shape index (κ2) is 4.39. The van der Waals surface area contributed by atoms with Crippen LogP contribution in [0.25, 0.3) is 5.69 Å². The first-order valence-corrected chi connectivity index (χ1v) is 5.57. The van der Waals surface area contributed by atoms with Crippen molar-refractivity contribution in [2.75, 3.05) is 0 Å². The number of benzene rings is 1. The zero-order valence-corrected chi connectivity index (χ0v) is 9.68. The van der Waals surface area contributed by atoms with Gasteiger partial charge in [0.05, 0.1) is 5.69 Å². The lowest BCUT2D eigenvalue weighted by atomic mass is 10.2. The molecular weight excluding hydrogens is 200 g/mol. The number of hydrogen-bond acceptors (Lipinski definition) is 1. The lowest BCUT2D eigenvalue weighted by Crippen LogP contribution is -2.20. The van der Waals surface area contributed by atoms with Gasteiger partial charge in [0.15, 0.2) is 0 Å². The highest BCUT2D eigenvalue weighted by Gasteiger charge is 2.09. The molecule has 1 heterocycles. The molecule has 3 nitrogen and oxygen atoms in total. The molecule has 0 unspecified atom stereocenters. The third-order valence-electron chi connectivity index (χ3n) is 2.65. The zero-order valence-electron chi connectivity index (χ0n) is 9.68. The van der Waals surface area contributed by atoms with Gasteiger partial charge in [0.1, 0.15) is 0 Å². The lowest BCUT2D eigenvalue weighted by molar-refractivity contribution is 0.646. The first kappa shape index (κ1) is 10.7. The largest absolute Gasteiger partial charge is 0.288 e. The fourth-order valence-corrected chi connectivity index (χ4v) is 1.93. The van der Waals surface area contributed by atoms with Crippen LogP contribution in [0.5, 0.6) is 0 Å². The van der Waals surface area contributed by atoms with Gasteiger partial charge in [-0.25, -0.2) is 4.68 Å². The van der Waals surface area contributed by atoms with Crippen LogP contribution < -0.4 is 5.56 Å². The second-order valence-electron chi connectivity index (χ2n) is 3.93. The maximum Gasteiger partial charge on any atom is 0.274 e. The SMILES string of the molecule is CCCc1cn(C)n(-c2ccccc2)c1=O. The van der Waals surface area contributed by atoms with Crippen molar-refractivity contribution in [1.29, 1.82) is 0 Å². The molecular formula is C13H16N2O. The molecule has 1 aromatic heterocycles. The normalized spacial score (nSPS) is 10.6. The first-order valence-electron chi connectivity index (χ1n) is 5.57. The van der Waals surface area contributed by atoms with Gasteiger partial charge in [-0.05, 0) is 18.6 Å². The van der Waals surface area contributed by atoms with E-state index in [-0.39, 0.29) is 5.56 Å². The molecule has 0 aliphatic carbocycles. The van der Waals surface area contributed by atoms with Crippen molar-refractivity contribution in [1.82, 2.24) is 9.36 Å². The zero-order chi connectivity index (χ0) is 11.5. The summed E-state index contributed by atoms with van der Waals surface area (Å²) in [7, 11) is 1.90. The highest BCUT2D eigenvalue weighted by molar-refractivity contribution is 5.31. The van der Waals surface area contributed by atoms with E-state index in [4.69, 9.17) is 0 Å². The topological polar surface area (TPSA) is 26.9 Å². The fourth-order valence-electron chi connectivity index (χ4n) is 1.93. The summed E-state index contributed by atoms with van der Waals surface area (Å²) < 4.78 is 3.55. The molecule has 0 fully saturated rings. The summed E-state index contributed by atoms with van der Waals surface area (Å²) >= 11 is 0. The van der Waals surface area contributed by atoms with E-state index >= 15 is 0 Å². The average Bonchev–Trinajstić information content (AvgIpc) is 2.56. The van der Waals surface area contributed by atoms with Gasteiger partial charge in [0, 0.05) is 18.8 Å². The molecule has 0 amide bonds. The molecule has 16 heavy (non-hydrogen) atoms. The van der Waals surface area contributed by atoms with Crippen LogP contribution in [0.1, 0.15) is 18.9 Å². The molecule has 1 aromatic carbocycles. The molecule has 0 radical (unpaired) electrons. The van der Waals surface area contributed by atoms with Crippen molar-refractivity contribution < 1.29 is 0 Å². The van der Waals surface area contributed by atoms with Gasteiger partial charge in [0.25, 0.3) is 5.56 Å². The Morgan fingerprint density at radius 1 is 1.19 bits per heavy atom. The summed E-state index contributed by atoms with van der Waals surface area (Å²) in [5.41, 5.74) is 1.89. The number of nitrogens with zero attached hydrogens (tertiary/aromatic N) is 2. The van der Waals surface area contributed by atoms with Crippen LogP contribution in [-0.4, -0.2) is 9.36 Å². The van der Waals surface area contributed by atoms with Crippen LogP contribution in [0, 0.1) is 0 Å². The minimum Gasteiger partial charge on any atom is -0.288 e. The number of aromatic nitrogens is 2. The Kier molecular flexibility index (Phi) is 2.95. The Morgan fingerprint density at radius 2 is 1.88 bits per heavy atom. The molecule has 0 spiro atoms. The number of rotatable bonds is 3. The van der Waals surface area contributed by atoms with E-state index in [2.05, 4.69) is 6.92 Å². The Bertz CT molecular complexity index is 523. The monoisotopic (exact) mass is 216 g/mol. The molecule has 0 aliphatic rings. The quantitative estimate of drug-likeness (QED) is 0.772. The van der Waals surface area contributed by atoms with Crippen molar-refractivity contribution in [2.45, 2.75) is 19.8 Å². The summed E-state index contributed by atoms with van der Waals surface area (Å²) in [4.78, 5) is 12.1. The predicted octanol–water partition coefficient (Wildman–Crippen LogP) is 2.13.